The molecule has 438 valence electrons. The highest BCUT2D eigenvalue weighted by molar-refractivity contribution is 5.99. The fourth-order valence-electron chi connectivity index (χ4n) is 8.57. The maximum absolute atomic E-state index is 14.6. The molecule has 18 N–H and O–H groups in total. The molecular weight excluding hydrogens is 1070 g/mol. The van der Waals surface area contributed by atoms with E-state index in [1.165, 1.54) is 73.6 Å². The number of aliphatic hydroxyl groups is 3. The number of aromatic nitrogens is 4. The molecule has 1 aliphatic heterocycles. The van der Waals surface area contributed by atoms with Gasteiger partial charge in [-0.2, -0.15) is 0 Å². The number of phenolic OH excluding ortho intramolecular Hbond substituents is 2. The summed E-state index contributed by atoms with van der Waals surface area (Å²) in [5, 5.41) is 87.2. The summed E-state index contributed by atoms with van der Waals surface area (Å²) in [4.78, 5) is 150. The molecule has 0 radical (unpaired) electrons. The predicted octanol–water partition coefficient (Wildman–Crippen LogP) is -4.77. The van der Waals surface area contributed by atoms with Gasteiger partial charge in [-0.3, -0.25) is 43.2 Å². The van der Waals surface area contributed by atoms with Gasteiger partial charge in [0.05, 0.1) is 31.5 Å². The highest BCUT2D eigenvalue weighted by Crippen LogP contribution is 2.22. The molecule has 0 spiro atoms. The number of amides is 8. The van der Waals surface area contributed by atoms with Crippen LogP contribution in [0.1, 0.15) is 62.0 Å². The molecular formula is C51H67N13O17. The summed E-state index contributed by atoms with van der Waals surface area (Å²) in [5.41, 5.74) is 7.02. The van der Waals surface area contributed by atoms with Gasteiger partial charge in [-0.1, -0.05) is 24.3 Å². The standard InChI is InChI=1S/C51H67N13O17/c1-25(66)41(49(78)61-38(51(80)81)19-30-21-54-24-56-30)62-46(75)36(18-29-20-53-23-55-29)58-45(74)35(16-27-5-9-31(68)10-6-27)59-48(77)42(26(2)67)63-47(76)39-4-3-15-64(39)50(79)37(17-28-7-11-32(69)12-8-28)60-44(73)34(13-14-40(70)71)57-43(72)33(52)22-65/h5-12,20-21,23-26,33-39,41-42,65-69H,3-4,13-19,22,52H2,1-2H3,(H,53,55)(H,54,56)(H,57,72)(H,58,74)(H,59,77)(H,60,73)(H,61,78)(H,62,75)(H,63,76)(H,70,71)(H,80,81)/t25-,26-,33+,34+,35+,36+,37+,38+,39+,41+,42+/m1/s1. The third kappa shape index (κ3) is 18.8. The Labute approximate surface area is 462 Å². The number of rotatable bonds is 30. The van der Waals surface area contributed by atoms with E-state index in [0.717, 1.165) is 18.7 Å². The van der Waals surface area contributed by atoms with Gasteiger partial charge in [-0.05, 0) is 68.5 Å². The number of nitrogens with zero attached hydrogens (tertiary/aromatic N) is 3. The lowest BCUT2D eigenvalue weighted by Gasteiger charge is -2.31. The van der Waals surface area contributed by atoms with Crippen molar-refractivity contribution >= 4 is 59.2 Å². The van der Waals surface area contributed by atoms with Crippen molar-refractivity contribution in [3.63, 3.8) is 0 Å². The van der Waals surface area contributed by atoms with Gasteiger partial charge < -0.3 is 93.6 Å². The van der Waals surface area contributed by atoms with Gasteiger partial charge in [0.25, 0.3) is 0 Å². The largest absolute Gasteiger partial charge is 0.508 e. The molecule has 0 bridgehead atoms. The second-order valence-corrected chi connectivity index (χ2v) is 19.3. The lowest BCUT2D eigenvalue weighted by Crippen LogP contribution is -2.62. The third-order valence-electron chi connectivity index (χ3n) is 13.0. The van der Waals surface area contributed by atoms with E-state index in [0.29, 0.717) is 16.8 Å². The third-order valence-corrected chi connectivity index (χ3v) is 13.0. The number of carbonyl (C=O) groups excluding carboxylic acids is 8. The van der Waals surface area contributed by atoms with Gasteiger partial charge in [0.1, 0.15) is 65.9 Å². The van der Waals surface area contributed by atoms with Crippen LogP contribution in [-0.2, 0) is 73.6 Å². The van der Waals surface area contributed by atoms with Crippen molar-refractivity contribution in [3.05, 3.63) is 96.1 Å². The fraction of sp³-hybridized carbons (Fsp3) is 0.451. The van der Waals surface area contributed by atoms with E-state index in [1.54, 1.807) is 0 Å². The number of nitrogens with one attached hydrogen (secondary N) is 9. The van der Waals surface area contributed by atoms with E-state index in [4.69, 9.17) is 5.73 Å². The number of likely N-dealkylation sites (tertiary alicyclic amines) is 1. The Morgan fingerprint density at radius 3 is 1.54 bits per heavy atom. The van der Waals surface area contributed by atoms with Crippen LogP contribution < -0.4 is 43.0 Å². The first kappa shape index (κ1) is 62.8. The first-order chi connectivity index (χ1) is 38.4. The van der Waals surface area contributed by atoms with Crippen molar-refractivity contribution in [2.75, 3.05) is 13.2 Å². The summed E-state index contributed by atoms with van der Waals surface area (Å²) in [6.07, 6.45) is -0.0478. The van der Waals surface area contributed by atoms with Crippen molar-refractivity contribution in [2.45, 2.75) is 132 Å². The molecule has 0 unspecified atom stereocenters. The van der Waals surface area contributed by atoms with Crippen molar-refractivity contribution < 1.29 is 83.7 Å². The van der Waals surface area contributed by atoms with Crippen LogP contribution in [0.5, 0.6) is 11.5 Å². The topological polar surface area (TPSA) is 483 Å². The zero-order chi connectivity index (χ0) is 59.5. The van der Waals surface area contributed by atoms with Gasteiger partial charge >= 0.3 is 11.9 Å². The van der Waals surface area contributed by atoms with Crippen molar-refractivity contribution in [1.82, 2.24) is 62.1 Å². The number of H-pyrrole nitrogens is 2. The van der Waals surface area contributed by atoms with E-state index in [2.05, 4.69) is 57.2 Å². The SMILES string of the molecule is C[C@@H](O)[C@H](NC(=O)[C@H](Cc1cnc[nH]1)NC(=O)[C@H](Cc1ccc(O)cc1)NC(=O)[C@@H](NC(=O)[C@@H]1CCCN1C(=O)[C@H](Cc1ccc(O)cc1)NC(=O)[C@H](CCC(=O)O)NC(=O)[C@@H](N)CO)[C@@H](C)O)C(=O)N[C@@H](Cc1cnc[nH]1)C(=O)O. The van der Waals surface area contributed by atoms with Crippen LogP contribution in [0.15, 0.2) is 73.6 Å². The molecule has 2 aromatic heterocycles. The maximum atomic E-state index is 14.6. The number of aliphatic carboxylic acids is 2. The van der Waals surface area contributed by atoms with Crippen LogP contribution in [0.4, 0.5) is 0 Å². The lowest BCUT2D eigenvalue weighted by atomic mass is 10.0. The predicted molar refractivity (Wildman–Crippen MR) is 279 cm³/mol. The number of carbonyl (C=O) groups is 10. The molecule has 1 aliphatic rings. The van der Waals surface area contributed by atoms with E-state index in [9.17, 15) is 83.7 Å². The second-order valence-electron chi connectivity index (χ2n) is 19.3. The molecule has 3 heterocycles. The first-order valence-electron chi connectivity index (χ1n) is 25.5. The molecule has 30 heteroatoms. The van der Waals surface area contributed by atoms with Crippen LogP contribution in [0, 0.1) is 0 Å². The molecule has 2 aromatic carbocycles. The van der Waals surface area contributed by atoms with Crippen molar-refractivity contribution in [3.8, 4) is 11.5 Å². The molecule has 5 rings (SSSR count). The Morgan fingerprint density at radius 1 is 0.605 bits per heavy atom. The normalized spacial score (nSPS) is 16.8. The number of carboxylic acids is 2. The Balaban J connectivity index is 1.37. The molecule has 30 nitrogen and oxygen atoms in total. The number of hydrogen-bond acceptors (Lipinski definition) is 18. The van der Waals surface area contributed by atoms with Gasteiger partial charge in [0, 0.05) is 62.4 Å². The van der Waals surface area contributed by atoms with E-state index in [1.807, 2.05) is 0 Å². The molecule has 0 aliphatic carbocycles. The average molecular weight is 1130 g/mol. The zero-order valence-electron chi connectivity index (χ0n) is 44.0. The summed E-state index contributed by atoms with van der Waals surface area (Å²) in [6.45, 7) is 1.44. The average Bonchev–Trinajstić information content (AvgIpc) is 4.26. The monoisotopic (exact) mass is 1130 g/mol. The summed E-state index contributed by atoms with van der Waals surface area (Å²) in [7, 11) is 0. The van der Waals surface area contributed by atoms with Crippen LogP contribution in [-0.4, -0.2) is 200 Å². The summed E-state index contributed by atoms with van der Waals surface area (Å²) < 4.78 is 0. The van der Waals surface area contributed by atoms with Gasteiger partial charge in [-0.15, -0.1) is 0 Å². The minimum absolute atomic E-state index is 0.0104. The molecule has 4 aromatic rings. The quantitative estimate of drug-likeness (QED) is 0.0233. The van der Waals surface area contributed by atoms with Crippen LogP contribution in [0.25, 0.3) is 0 Å². The van der Waals surface area contributed by atoms with Crippen molar-refractivity contribution in [2.24, 2.45) is 5.73 Å². The molecule has 1 saturated heterocycles. The number of benzene rings is 2. The lowest BCUT2D eigenvalue weighted by molar-refractivity contribution is -0.143. The minimum atomic E-state index is -1.83. The highest BCUT2D eigenvalue weighted by atomic mass is 16.4. The van der Waals surface area contributed by atoms with Gasteiger partial charge in [0.2, 0.25) is 47.3 Å². The number of aliphatic hydroxyl groups excluding tert-OH is 3. The Hall–Kier alpha value is -9.00. The molecule has 11 atom stereocenters. The number of nitrogens with two attached hydrogens (primary N) is 1. The minimum Gasteiger partial charge on any atom is -0.508 e. The van der Waals surface area contributed by atoms with Crippen LogP contribution in [0.3, 0.4) is 0 Å². The highest BCUT2D eigenvalue weighted by Gasteiger charge is 2.41. The van der Waals surface area contributed by atoms with Gasteiger partial charge in [-0.25, -0.2) is 14.8 Å². The molecule has 81 heavy (non-hydrogen) atoms. The number of imidazole rings is 2. The van der Waals surface area contributed by atoms with Crippen LogP contribution in [0.2, 0.25) is 0 Å². The Morgan fingerprint density at radius 2 is 1.05 bits per heavy atom. The van der Waals surface area contributed by atoms with E-state index >= 15 is 0 Å². The van der Waals surface area contributed by atoms with E-state index in [-0.39, 0.29) is 62.3 Å². The summed E-state index contributed by atoms with van der Waals surface area (Å²) >= 11 is 0. The Bertz CT molecular complexity index is 2800. The van der Waals surface area contributed by atoms with Gasteiger partial charge in [0.15, 0.2) is 0 Å². The molecule has 8 amide bonds. The second kappa shape index (κ2) is 29.8. The van der Waals surface area contributed by atoms with E-state index < -0.39 is 145 Å². The van der Waals surface area contributed by atoms with Crippen molar-refractivity contribution in [1.29, 1.82) is 0 Å². The molecule has 1 fully saturated rings. The number of phenols is 2. The number of aromatic amines is 2. The maximum Gasteiger partial charge on any atom is 0.326 e. The Kier molecular flexibility index (Phi) is 23.1. The smallest absolute Gasteiger partial charge is 0.326 e. The number of aromatic hydroxyl groups is 2. The number of carboxylic acid groups (broad SMARTS) is 2. The molecule has 0 saturated carbocycles. The summed E-state index contributed by atoms with van der Waals surface area (Å²) in [6, 6.07) is -3.30. The summed E-state index contributed by atoms with van der Waals surface area (Å²) in [5.74, 6) is -11.2. The number of hydrogen-bond donors (Lipinski definition) is 17. The zero-order valence-corrected chi connectivity index (χ0v) is 44.0. The van der Waals surface area contributed by atoms with Crippen LogP contribution >= 0.6 is 0 Å². The fourth-order valence-corrected chi connectivity index (χ4v) is 8.57. The first-order valence-corrected chi connectivity index (χ1v) is 25.5.